The molecular weight excluding hydrogens is 246 g/mol. The molecule has 1 saturated heterocycles. The van der Waals surface area contributed by atoms with Crippen LogP contribution in [-0.2, 0) is 16.0 Å². The standard InChI is InChI=1S/C13H21N3O3/c1-13(2,3)16-8-9(7-11(16)17)12-14-10(15-19-12)5-6-18-4/h9H,5-8H2,1-4H3/t9-/m1/s1. The van der Waals surface area contributed by atoms with Crippen molar-refractivity contribution >= 4 is 5.91 Å². The molecule has 0 bridgehead atoms. The molecule has 0 aliphatic carbocycles. The highest BCUT2D eigenvalue weighted by molar-refractivity contribution is 5.80. The van der Waals surface area contributed by atoms with Gasteiger partial charge in [-0.05, 0) is 20.8 Å². The number of aromatic nitrogens is 2. The lowest BCUT2D eigenvalue weighted by atomic mass is 10.1. The average Bonchev–Trinajstić information content (AvgIpc) is 2.91. The van der Waals surface area contributed by atoms with Crippen LogP contribution in [0.3, 0.4) is 0 Å². The van der Waals surface area contributed by atoms with Crippen LogP contribution in [0.4, 0.5) is 0 Å². The fourth-order valence-corrected chi connectivity index (χ4v) is 2.25. The molecule has 0 spiro atoms. The maximum Gasteiger partial charge on any atom is 0.232 e. The Labute approximate surface area is 113 Å². The van der Waals surface area contributed by atoms with E-state index in [0.29, 0.717) is 37.7 Å². The lowest BCUT2D eigenvalue weighted by Gasteiger charge is -2.31. The Hall–Kier alpha value is -1.43. The highest BCUT2D eigenvalue weighted by Gasteiger charge is 2.39. The molecule has 1 atom stereocenters. The van der Waals surface area contributed by atoms with Crippen LogP contribution in [0.25, 0.3) is 0 Å². The Balaban J connectivity index is 2.04. The van der Waals surface area contributed by atoms with Crippen molar-refractivity contribution in [1.29, 1.82) is 0 Å². The first-order valence-electron chi connectivity index (χ1n) is 6.53. The van der Waals surface area contributed by atoms with E-state index in [1.54, 1.807) is 7.11 Å². The van der Waals surface area contributed by atoms with Gasteiger partial charge in [0, 0.05) is 32.0 Å². The zero-order valence-corrected chi connectivity index (χ0v) is 12.0. The summed E-state index contributed by atoms with van der Waals surface area (Å²) in [5.41, 5.74) is -0.162. The first-order chi connectivity index (χ1) is 8.91. The van der Waals surface area contributed by atoms with Crippen LogP contribution in [0, 0.1) is 0 Å². The molecule has 2 rings (SSSR count). The number of methoxy groups -OCH3 is 1. The van der Waals surface area contributed by atoms with E-state index in [4.69, 9.17) is 9.26 Å². The van der Waals surface area contributed by atoms with Crippen LogP contribution in [0.1, 0.15) is 44.8 Å². The van der Waals surface area contributed by atoms with Crippen LogP contribution < -0.4 is 0 Å². The summed E-state index contributed by atoms with van der Waals surface area (Å²) in [6.45, 7) is 7.31. The van der Waals surface area contributed by atoms with Crippen LogP contribution in [0.15, 0.2) is 4.52 Å². The molecular formula is C13H21N3O3. The number of carbonyl (C=O) groups is 1. The lowest BCUT2D eigenvalue weighted by Crippen LogP contribution is -2.42. The van der Waals surface area contributed by atoms with Crippen molar-refractivity contribution in [2.45, 2.75) is 45.1 Å². The molecule has 1 fully saturated rings. The van der Waals surface area contributed by atoms with Gasteiger partial charge in [0.2, 0.25) is 11.8 Å². The van der Waals surface area contributed by atoms with Gasteiger partial charge >= 0.3 is 0 Å². The van der Waals surface area contributed by atoms with E-state index in [0.717, 1.165) is 0 Å². The minimum atomic E-state index is -0.162. The summed E-state index contributed by atoms with van der Waals surface area (Å²) in [6.07, 6.45) is 1.08. The molecule has 0 radical (unpaired) electrons. The molecule has 2 heterocycles. The second kappa shape index (κ2) is 5.28. The van der Waals surface area contributed by atoms with Gasteiger partial charge in [0.05, 0.1) is 12.5 Å². The van der Waals surface area contributed by atoms with Gasteiger partial charge in [-0.25, -0.2) is 0 Å². The third-order valence-corrected chi connectivity index (χ3v) is 3.30. The molecule has 0 unspecified atom stereocenters. The van der Waals surface area contributed by atoms with Crippen LogP contribution >= 0.6 is 0 Å². The smallest absolute Gasteiger partial charge is 0.232 e. The highest BCUT2D eigenvalue weighted by atomic mass is 16.5. The lowest BCUT2D eigenvalue weighted by molar-refractivity contribution is -0.131. The maximum absolute atomic E-state index is 12.0. The SMILES string of the molecule is COCCc1noc([C@@H]2CC(=O)N(C(C)(C)C)C2)n1. The van der Waals surface area contributed by atoms with Crippen LogP contribution in [0.2, 0.25) is 0 Å². The number of carbonyl (C=O) groups excluding carboxylic acids is 1. The largest absolute Gasteiger partial charge is 0.384 e. The van der Waals surface area contributed by atoms with Crippen molar-refractivity contribution in [3.63, 3.8) is 0 Å². The second-order valence-electron chi connectivity index (χ2n) is 5.87. The van der Waals surface area contributed by atoms with E-state index in [-0.39, 0.29) is 17.4 Å². The molecule has 6 nitrogen and oxygen atoms in total. The molecule has 19 heavy (non-hydrogen) atoms. The Kier molecular flexibility index (Phi) is 3.89. The van der Waals surface area contributed by atoms with E-state index in [1.165, 1.54) is 0 Å². The maximum atomic E-state index is 12.0. The van der Waals surface area contributed by atoms with Crippen molar-refractivity contribution in [2.75, 3.05) is 20.3 Å². The zero-order valence-electron chi connectivity index (χ0n) is 12.0. The number of nitrogens with zero attached hydrogens (tertiary/aromatic N) is 3. The van der Waals surface area contributed by atoms with Crippen molar-refractivity contribution in [1.82, 2.24) is 15.0 Å². The molecule has 1 amide bonds. The quantitative estimate of drug-likeness (QED) is 0.824. The molecule has 0 aromatic carbocycles. The Morgan fingerprint density at radius 3 is 2.79 bits per heavy atom. The van der Waals surface area contributed by atoms with Crippen LogP contribution in [0.5, 0.6) is 0 Å². The molecule has 1 aliphatic rings. The molecule has 1 aromatic heterocycles. The van der Waals surface area contributed by atoms with E-state index < -0.39 is 0 Å². The number of hydrogen-bond donors (Lipinski definition) is 0. The van der Waals surface area contributed by atoms with Crippen molar-refractivity contribution < 1.29 is 14.1 Å². The molecule has 106 valence electrons. The first kappa shape index (κ1) is 14.0. The molecule has 6 heteroatoms. The predicted molar refractivity (Wildman–Crippen MR) is 68.7 cm³/mol. The molecule has 0 N–H and O–H groups in total. The minimum Gasteiger partial charge on any atom is -0.384 e. The molecule has 1 aromatic rings. The number of likely N-dealkylation sites (tertiary alicyclic amines) is 1. The summed E-state index contributed by atoms with van der Waals surface area (Å²) in [5.74, 6) is 1.36. The summed E-state index contributed by atoms with van der Waals surface area (Å²) >= 11 is 0. The van der Waals surface area contributed by atoms with Gasteiger partial charge < -0.3 is 14.2 Å². The number of rotatable bonds is 4. The number of ether oxygens (including phenoxy) is 1. The van der Waals surface area contributed by atoms with Crippen molar-refractivity contribution in [3.05, 3.63) is 11.7 Å². The van der Waals surface area contributed by atoms with Crippen LogP contribution in [-0.4, -0.2) is 46.7 Å². The van der Waals surface area contributed by atoms with Crippen molar-refractivity contribution in [2.24, 2.45) is 0 Å². The third kappa shape index (κ3) is 3.12. The van der Waals surface area contributed by atoms with Gasteiger partial charge in [0.25, 0.3) is 0 Å². The summed E-state index contributed by atoms with van der Waals surface area (Å²) in [7, 11) is 1.64. The van der Waals surface area contributed by atoms with Gasteiger partial charge in [-0.15, -0.1) is 0 Å². The van der Waals surface area contributed by atoms with Gasteiger partial charge in [0.15, 0.2) is 5.82 Å². The second-order valence-corrected chi connectivity index (χ2v) is 5.87. The topological polar surface area (TPSA) is 68.5 Å². The van der Waals surface area contributed by atoms with E-state index in [2.05, 4.69) is 10.1 Å². The van der Waals surface area contributed by atoms with Gasteiger partial charge in [-0.3, -0.25) is 4.79 Å². The Bertz CT molecular complexity index is 450. The fraction of sp³-hybridized carbons (Fsp3) is 0.769. The average molecular weight is 267 g/mol. The summed E-state index contributed by atoms with van der Waals surface area (Å²) < 4.78 is 10.2. The third-order valence-electron chi connectivity index (χ3n) is 3.30. The van der Waals surface area contributed by atoms with E-state index in [9.17, 15) is 4.79 Å². The van der Waals surface area contributed by atoms with Gasteiger partial charge in [-0.1, -0.05) is 5.16 Å². The van der Waals surface area contributed by atoms with Gasteiger partial charge in [-0.2, -0.15) is 4.98 Å². The normalized spacial score (nSPS) is 20.3. The first-order valence-corrected chi connectivity index (χ1v) is 6.53. The predicted octanol–water partition coefficient (Wildman–Crippen LogP) is 1.37. The fourth-order valence-electron chi connectivity index (χ4n) is 2.25. The van der Waals surface area contributed by atoms with E-state index in [1.807, 2.05) is 25.7 Å². The molecule has 0 saturated carbocycles. The monoisotopic (exact) mass is 267 g/mol. The van der Waals surface area contributed by atoms with Crippen molar-refractivity contribution in [3.8, 4) is 0 Å². The summed E-state index contributed by atoms with van der Waals surface area (Å²) in [4.78, 5) is 18.2. The minimum absolute atomic E-state index is 0.00974. The number of amides is 1. The Morgan fingerprint density at radius 2 is 2.21 bits per heavy atom. The zero-order chi connectivity index (χ0) is 14.0. The number of hydrogen-bond acceptors (Lipinski definition) is 5. The Morgan fingerprint density at radius 1 is 1.47 bits per heavy atom. The van der Waals surface area contributed by atoms with Gasteiger partial charge in [0.1, 0.15) is 0 Å². The van der Waals surface area contributed by atoms with E-state index >= 15 is 0 Å². The summed E-state index contributed by atoms with van der Waals surface area (Å²) in [6, 6.07) is 0. The molecule has 1 aliphatic heterocycles. The summed E-state index contributed by atoms with van der Waals surface area (Å²) in [5, 5.41) is 3.91. The highest BCUT2D eigenvalue weighted by Crippen LogP contribution is 2.31.